The summed E-state index contributed by atoms with van der Waals surface area (Å²) in [6.07, 6.45) is 2.45. The number of amides is 1. The minimum Gasteiger partial charge on any atom is -0.345 e. The fourth-order valence-electron chi connectivity index (χ4n) is 2.78. The lowest BCUT2D eigenvalue weighted by Gasteiger charge is -2.16. The molecule has 0 aliphatic carbocycles. The SMILES string of the molecule is CCC(NC(=O)Cn1ccc(=O)c2ccccc21)c1nc(C)c(C)s1. The van der Waals surface area contributed by atoms with Gasteiger partial charge in [0.2, 0.25) is 5.91 Å². The Morgan fingerprint density at radius 1 is 1.28 bits per heavy atom. The second kappa shape index (κ2) is 7.19. The highest BCUT2D eigenvalue weighted by Crippen LogP contribution is 2.24. The van der Waals surface area contributed by atoms with Crippen LogP contribution in [-0.2, 0) is 11.3 Å². The number of hydrogen-bond donors (Lipinski definition) is 1. The Balaban J connectivity index is 1.80. The minimum atomic E-state index is -0.0915. The molecule has 0 bridgehead atoms. The topological polar surface area (TPSA) is 64.0 Å². The lowest BCUT2D eigenvalue weighted by Crippen LogP contribution is -2.31. The number of benzene rings is 1. The summed E-state index contributed by atoms with van der Waals surface area (Å²) in [4.78, 5) is 30.2. The van der Waals surface area contributed by atoms with Crippen LogP contribution in [0.1, 0.15) is 35.0 Å². The van der Waals surface area contributed by atoms with Gasteiger partial charge in [-0.2, -0.15) is 0 Å². The van der Waals surface area contributed by atoms with Crippen LogP contribution in [0, 0.1) is 13.8 Å². The van der Waals surface area contributed by atoms with Gasteiger partial charge in [-0.05, 0) is 32.4 Å². The average Bonchev–Trinajstić information content (AvgIpc) is 2.94. The molecule has 0 saturated carbocycles. The van der Waals surface area contributed by atoms with Crippen LogP contribution in [0.4, 0.5) is 0 Å². The van der Waals surface area contributed by atoms with Gasteiger partial charge in [0.15, 0.2) is 5.43 Å². The molecule has 1 aromatic carbocycles. The van der Waals surface area contributed by atoms with Gasteiger partial charge < -0.3 is 9.88 Å². The third kappa shape index (κ3) is 3.64. The van der Waals surface area contributed by atoms with E-state index in [-0.39, 0.29) is 23.9 Å². The third-order valence-corrected chi connectivity index (χ3v) is 5.47. The van der Waals surface area contributed by atoms with Crippen LogP contribution in [-0.4, -0.2) is 15.5 Å². The van der Waals surface area contributed by atoms with E-state index >= 15 is 0 Å². The maximum atomic E-state index is 12.5. The van der Waals surface area contributed by atoms with Crippen molar-refractivity contribution in [2.45, 2.75) is 39.8 Å². The van der Waals surface area contributed by atoms with Crippen molar-refractivity contribution in [1.82, 2.24) is 14.9 Å². The molecule has 0 spiro atoms. The summed E-state index contributed by atoms with van der Waals surface area (Å²) in [5.74, 6) is -0.0915. The zero-order valence-electron chi connectivity index (χ0n) is 14.6. The number of rotatable bonds is 5. The fourth-order valence-corrected chi connectivity index (χ4v) is 3.84. The number of nitrogens with zero attached hydrogens (tertiary/aromatic N) is 2. The number of carbonyl (C=O) groups is 1. The van der Waals surface area contributed by atoms with Crippen LogP contribution < -0.4 is 10.7 Å². The number of pyridine rings is 1. The van der Waals surface area contributed by atoms with Crippen molar-refractivity contribution in [3.8, 4) is 0 Å². The molecule has 6 heteroatoms. The highest BCUT2D eigenvalue weighted by Gasteiger charge is 2.17. The molecule has 3 aromatic rings. The van der Waals surface area contributed by atoms with E-state index in [1.807, 2.05) is 39.0 Å². The molecule has 130 valence electrons. The molecule has 0 radical (unpaired) electrons. The standard InChI is InChI=1S/C19H21N3O2S/c1-4-15(19-20-12(2)13(3)25-19)21-18(24)11-22-10-9-17(23)14-7-5-6-8-16(14)22/h5-10,15H,4,11H2,1-3H3,(H,21,24). The molecular weight excluding hydrogens is 334 g/mol. The smallest absolute Gasteiger partial charge is 0.240 e. The Morgan fingerprint density at radius 2 is 2.04 bits per heavy atom. The molecular formula is C19H21N3O2S. The van der Waals surface area contributed by atoms with E-state index in [0.717, 1.165) is 22.6 Å². The monoisotopic (exact) mass is 355 g/mol. The molecule has 25 heavy (non-hydrogen) atoms. The number of fused-ring (bicyclic) bond motifs is 1. The Hall–Kier alpha value is -2.47. The van der Waals surface area contributed by atoms with Gasteiger partial charge in [0, 0.05) is 22.5 Å². The van der Waals surface area contributed by atoms with Crippen LogP contribution >= 0.6 is 11.3 Å². The quantitative estimate of drug-likeness (QED) is 0.763. The highest BCUT2D eigenvalue weighted by molar-refractivity contribution is 7.11. The second-order valence-corrected chi connectivity index (χ2v) is 7.28. The van der Waals surface area contributed by atoms with E-state index in [1.165, 1.54) is 10.9 Å². The van der Waals surface area contributed by atoms with Crippen molar-refractivity contribution in [2.75, 3.05) is 0 Å². The van der Waals surface area contributed by atoms with E-state index in [1.54, 1.807) is 28.2 Å². The first kappa shape index (κ1) is 17.4. The summed E-state index contributed by atoms with van der Waals surface area (Å²) >= 11 is 1.63. The van der Waals surface area contributed by atoms with Gasteiger partial charge in [-0.15, -0.1) is 11.3 Å². The molecule has 0 fully saturated rings. The molecule has 0 aliphatic heterocycles. The minimum absolute atomic E-state index is 0.0348. The Morgan fingerprint density at radius 3 is 2.72 bits per heavy atom. The van der Waals surface area contributed by atoms with E-state index in [9.17, 15) is 9.59 Å². The summed E-state index contributed by atoms with van der Waals surface area (Å²) < 4.78 is 1.80. The molecule has 5 nitrogen and oxygen atoms in total. The van der Waals surface area contributed by atoms with Crippen LogP contribution in [0.5, 0.6) is 0 Å². The lowest BCUT2D eigenvalue weighted by atomic mass is 10.2. The predicted molar refractivity (Wildman–Crippen MR) is 101 cm³/mol. The Labute approximate surface area is 150 Å². The van der Waals surface area contributed by atoms with Crippen molar-refractivity contribution in [2.24, 2.45) is 0 Å². The molecule has 3 rings (SSSR count). The van der Waals surface area contributed by atoms with Gasteiger partial charge in [0.1, 0.15) is 11.6 Å². The van der Waals surface area contributed by atoms with Gasteiger partial charge in [0.25, 0.3) is 0 Å². The maximum absolute atomic E-state index is 12.5. The number of carbonyl (C=O) groups excluding carboxylic acids is 1. The third-order valence-electron chi connectivity index (χ3n) is 4.29. The van der Waals surface area contributed by atoms with Crippen molar-refractivity contribution < 1.29 is 4.79 Å². The van der Waals surface area contributed by atoms with E-state index in [0.29, 0.717) is 5.39 Å². The largest absolute Gasteiger partial charge is 0.345 e. The van der Waals surface area contributed by atoms with Gasteiger partial charge >= 0.3 is 0 Å². The van der Waals surface area contributed by atoms with Gasteiger partial charge in [-0.1, -0.05) is 19.1 Å². The number of nitrogens with one attached hydrogen (secondary N) is 1. The zero-order valence-corrected chi connectivity index (χ0v) is 15.4. The van der Waals surface area contributed by atoms with E-state index < -0.39 is 0 Å². The van der Waals surface area contributed by atoms with Gasteiger partial charge in [-0.3, -0.25) is 9.59 Å². The van der Waals surface area contributed by atoms with Crippen molar-refractivity contribution in [1.29, 1.82) is 0 Å². The normalized spacial score (nSPS) is 12.3. The second-order valence-electron chi connectivity index (χ2n) is 6.05. The molecule has 1 unspecified atom stereocenters. The fraction of sp³-hybridized carbons (Fsp3) is 0.316. The molecule has 0 aliphatic rings. The number of aryl methyl sites for hydroxylation is 2. The number of hydrogen-bond acceptors (Lipinski definition) is 4. The van der Waals surface area contributed by atoms with Gasteiger partial charge in [0.05, 0.1) is 17.3 Å². The summed E-state index contributed by atoms with van der Waals surface area (Å²) in [6, 6.07) is 8.74. The van der Waals surface area contributed by atoms with E-state index in [4.69, 9.17) is 0 Å². The molecule has 1 N–H and O–H groups in total. The van der Waals surface area contributed by atoms with Crippen molar-refractivity contribution >= 4 is 28.1 Å². The average molecular weight is 355 g/mol. The first-order valence-electron chi connectivity index (χ1n) is 8.31. The molecule has 2 aromatic heterocycles. The predicted octanol–water partition coefficient (Wildman–Crippen LogP) is 3.34. The molecule has 0 saturated heterocycles. The summed E-state index contributed by atoms with van der Waals surface area (Å²) in [7, 11) is 0. The lowest BCUT2D eigenvalue weighted by molar-refractivity contribution is -0.122. The first-order chi connectivity index (χ1) is 12.0. The highest BCUT2D eigenvalue weighted by atomic mass is 32.1. The molecule has 1 atom stereocenters. The van der Waals surface area contributed by atoms with Gasteiger partial charge in [-0.25, -0.2) is 4.98 Å². The molecule has 2 heterocycles. The maximum Gasteiger partial charge on any atom is 0.240 e. The van der Waals surface area contributed by atoms with Crippen LogP contribution in [0.2, 0.25) is 0 Å². The van der Waals surface area contributed by atoms with E-state index in [2.05, 4.69) is 10.3 Å². The van der Waals surface area contributed by atoms with Crippen LogP contribution in [0.15, 0.2) is 41.3 Å². The first-order valence-corrected chi connectivity index (χ1v) is 9.12. The van der Waals surface area contributed by atoms with Crippen LogP contribution in [0.25, 0.3) is 10.9 Å². The number of para-hydroxylation sites is 1. The Kier molecular flexibility index (Phi) is 4.99. The Bertz CT molecular complexity index is 955. The van der Waals surface area contributed by atoms with Crippen molar-refractivity contribution in [3.63, 3.8) is 0 Å². The number of thiazole rings is 1. The zero-order chi connectivity index (χ0) is 18.0. The summed E-state index contributed by atoms with van der Waals surface area (Å²) in [5.41, 5.74) is 1.74. The van der Waals surface area contributed by atoms with Crippen LogP contribution in [0.3, 0.4) is 0 Å². The molecule has 1 amide bonds. The number of aromatic nitrogens is 2. The summed E-state index contributed by atoms with van der Waals surface area (Å²) in [5, 5.41) is 4.62. The van der Waals surface area contributed by atoms with Crippen molar-refractivity contribution in [3.05, 3.63) is 62.3 Å². The summed E-state index contributed by atoms with van der Waals surface area (Å²) in [6.45, 7) is 6.22.